The van der Waals surface area contributed by atoms with E-state index in [9.17, 15) is 9.59 Å². The maximum atomic E-state index is 12.5. The Kier molecular flexibility index (Phi) is 5.42. The van der Waals surface area contributed by atoms with Crippen molar-refractivity contribution in [1.82, 2.24) is 0 Å². The van der Waals surface area contributed by atoms with E-state index in [0.29, 0.717) is 12.3 Å². The molecule has 1 unspecified atom stereocenters. The third kappa shape index (κ3) is 4.12. The Morgan fingerprint density at radius 2 is 2.13 bits per heavy atom. The first kappa shape index (κ1) is 17.1. The summed E-state index contributed by atoms with van der Waals surface area (Å²) in [5.41, 5.74) is 1.78. The van der Waals surface area contributed by atoms with Gasteiger partial charge in [0.2, 0.25) is 0 Å². The average Bonchev–Trinajstić information content (AvgIpc) is 2.51. The van der Waals surface area contributed by atoms with Crippen molar-refractivity contribution in [3.63, 3.8) is 0 Å². The van der Waals surface area contributed by atoms with Crippen LogP contribution in [0.3, 0.4) is 0 Å². The van der Waals surface area contributed by atoms with Gasteiger partial charge in [-0.25, -0.2) is 4.79 Å². The summed E-state index contributed by atoms with van der Waals surface area (Å²) in [7, 11) is 0. The summed E-state index contributed by atoms with van der Waals surface area (Å²) in [6.45, 7) is 8.54. The van der Waals surface area contributed by atoms with Gasteiger partial charge < -0.3 is 14.4 Å². The van der Waals surface area contributed by atoms with E-state index in [4.69, 9.17) is 9.47 Å². The van der Waals surface area contributed by atoms with Crippen molar-refractivity contribution >= 4 is 17.6 Å². The molecule has 1 aliphatic heterocycles. The fourth-order valence-corrected chi connectivity index (χ4v) is 2.39. The highest BCUT2D eigenvalue weighted by molar-refractivity contribution is 6.05. The summed E-state index contributed by atoms with van der Waals surface area (Å²) < 4.78 is 10.8. The molecule has 0 spiro atoms. The van der Waals surface area contributed by atoms with Crippen LogP contribution in [0.25, 0.3) is 0 Å². The Morgan fingerprint density at radius 1 is 1.39 bits per heavy atom. The zero-order valence-electron chi connectivity index (χ0n) is 14.0. The van der Waals surface area contributed by atoms with Crippen molar-refractivity contribution in [2.24, 2.45) is 5.92 Å². The Balaban J connectivity index is 2.27. The molecule has 0 N–H and O–H groups in total. The smallest absolute Gasteiger partial charge is 0.330 e. The van der Waals surface area contributed by atoms with E-state index in [1.807, 2.05) is 25.1 Å². The molecule has 23 heavy (non-hydrogen) atoms. The molecule has 5 heteroatoms. The predicted molar refractivity (Wildman–Crippen MR) is 88.6 cm³/mol. The number of anilines is 1. The molecule has 1 aromatic carbocycles. The van der Waals surface area contributed by atoms with Crippen LogP contribution in [-0.2, 0) is 14.3 Å². The van der Waals surface area contributed by atoms with Gasteiger partial charge in [0, 0.05) is 12.2 Å². The second kappa shape index (κ2) is 7.31. The van der Waals surface area contributed by atoms with Gasteiger partial charge in [-0.2, -0.15) is 0 Å². The predicted octanol–water partition coefficient (Wildman–Crippen LogP) is 2.86. The number of hydrogen-bond acceptors (Lipinski definition) is 4. The molecule has 1 atom stereocenters. The van der Waals surface area contributed by atoms with E-state index in [1.54, 1.807) is 11.8 Å². The van der Waals surface area contributed by atoms with Crippen LogP contribution in [0.4, 0.5) is 5.69 Å². The number of aryl methyl sites for hydroxylation is 1. The average molecular weight is 317 g/mol. The van der Waals surface area contributed by atoms with Gasteiger partial charge in [-0.05, 0) is 37.5 Å². The van der Waals surface area contributed by atoms with E-state index < -0.39 is 5.97 Å². The molecule has 0 saturated carbocycles. The van der Waals surface area contributed by atoms with Crippen LogP contribution >= 0.6 is 0 Å². The topological polar surface area (TPSA) is 55.8 Å². The first-order valence-electron chi connectivity index (χ1n) is 7.86. The van der Waals surface area contributed by atoms with E-state index in [0.717, 1.165) is 11.3 Å². The highest BCUT2D eigenvalue weighted by Crippen LogP contribution is 2.35. The molecule has 1 heterocycles. The quantitative estimate of drug-likeness (QED) is 0.633. The molecular formula is C18H23NO4. The number of fused-ring (bicyclic) bond motifs is 1. The highest BCUT2D eigenvalue weighted by Gasteiger charge is 2.30. The summed E-state index contributed by atoms with van der Waals surface area (Å²) in [5, 5.41) is 0. The third-order valence-corrected chi connectivity index (χ3v) is 3.70. The van der Waals surface area contributed by atoms with Gasteiger partial charge >= 0.3 is 5.97 Å². The van der Waals surface area contributed by atoms with Crippen LogP contribution in [-0.4, -0.2) is 31.1 Å². The van der Waals surface area contributed by atoms with E-state index in [1.165, 1.54) is 12.2 Å². The molecular weight excluding hydrogens is 294 g/mol. The number of carbonyl (C=O) groups is 2. The number of benzene rings is 1. The van der Waals surface area contributed by atoms with Crippen LogP contribution in [0.15, 0.2) is 30.4 Å². The summed E-state index contributed by atoms with van der Waals surface area (Å²) >= 11 is 0. The van der Waals surface area contributed by atoms with Gasteiger partial charge in [-0.3, -0.25) is 4.79 Å². The normalized spacial score (nSPS) is 17.1. The van der Waals surface area contributed by atoms with Crippen molar-refractivity contribution in [3.05, 3.63) is 35.9 Å². The van der Waals surface area contributed by atoms with Crippen LogP contribution in [0.1, 0.15) is 26.3 Å². The molecule has 124 valence electrons. The number of amides is 1. The summed E-state index contributed by atoms with van der Waals surface area (Å²) in [4.78, 5) is 25.6. The lowest BCUT2D eigenvalue weighted by Crippen LogP contribution is -2.45. The van der Waals surface area contributed by atoms with Crippen molar-refractivity contribution in [2.45, 2.75) is 33.8 Å². The third-order valence-electron chi connectivity index (χ3n) is 3.70. The number of ether oxygens (including phenoxy) is 2. The Labute approximate surface area is 136 Å². The maximum absolute atomic E-state index is 12.5. The van der Waals surface area contributed by atoms with Gasteiger partial charge in [-0.15, -0.1) is 0 Å². The summed E-state index contributed by atoms with van der Waals surface area (Å²) in [6.07, 6.45) is 2.35. The molecule has 1 aliphatic rings. The molecule has 0 aliphatic carbocycles. The first-order chi connectivity index (χ1) is 10.9. The van der Waals surface area contributed by atoms with E-state index in [2.05, 4.69) is 13.8 Å². The van der Waals surface area contributed by atoms with Crippen molar-refractivity contribution in [3.8, 4) is 5.75 Å². The standard InChI is InChI=1S/C18H23NO4/c1-5-22-18(21)9-8-17(20)19-11-16(12(2)3)23-15-7-6-13(4)10-14(15)19/h6-10,12,16H,5,11H2,1-4H3/b9-8+. The molecule has 0 saturated heterocycles. The number of carbonyl (C=O) groups excluding carboxylic acids is 2. The molecule has 1 amide bonds. The fourth-order valence-electron chi connectivity index (χ4n) is 2.39. The van der Waals surface area contributed by atoms with Crippen LogP contribution < -0.4 is 9.64 Å². The van der Waals surface area contributed by atoms with Crippen LogP contribution in [0.2, 0.25) is 0 Å². The molecule has 0 bridgehead atoms. The minimum atomic E-state index is -0.515. The molecule has 1 aromatic rings. The molecule has 5 nitrogen and oxygen atoms in total. The first-order valence-corrected chi connectivity index (χ1v) is 7.86. The Morgan fingerprint density at radius 3 is 2.78 bits per heavy atom. The minimum absolute atomic E-state index is 0.0786. The largest absolute Gasteiger partial charge is 0.486 e. The van der Waals surface area contributed by atoms with Gasteiger partial charge in [0.05, 0.1) is 18.8 Å². The molecule has 2 rings (SSSR count). The second-order valence-electron chi connectivity index (χ2n) is 5.91. The molecule has 0 aromatic heterocycles. The van der Waals surface area contributed by atoms with Crippen molar-refractivity contribution in [2.75, 3.05) is 18.1 Å². The lowest BCUT2D eigenvalue weighted by atomic mass is 10.0. The highest BCUT2D eigenvalue weighted by atomic mass is 16.5. The lowest BCUT2D eigenvalue weighted by Gasteiger charge is -2.36. The van der Waals surface area contributed by atoms with Crippen molar-refractivity contribution in [1.29, 1.82) is 0 Å². The number of hydrogen-bond donors (Lipinski definition) is 0. The fraction of sp³-hybridized carbons (Fsp3) is 0.444. The number of rotatable bonds is 4. The monoisotopic (exact) mass is 317 g/mol. The summed E-state index contributed by atoms with van der Waals surface area (Å²) in [6, 6.07) is 5.76. The van der Waals surface area contributed by atoms with E-state index in [-0.39, 0.29) is 24.5 Å². The minimum Gasteiger partial charge on any atom is -0.486 e. The van der Waals surface area contributed by atoms with Crippen LogP contribution in [0, 0.1) is 12.8 Å². The van der Waals surface area contributed by atoms with Gasteiger partial charge in [0.15, 0.2) is 0 Å². The maximum Gasteiger partial charge on any atom is 0.330 e. The summed E-state index contributed by atoms with van der Waals surface area (Å²) in [5.74, 6) is 0.199. The van der Waals surface area contributed by atoms with E-state index >= 15 is 0 Å². The lowest BCUT2D eigenvalue weighted by molar-refractivity contribution is -0.137. The number of nitrogens with zero attached hydrogens (tertiary/aromatic N) is 1. The molecule has 0 fully saturated rings. The second-order valence-corrected chi connectivity index (χ2v) is 5.91. The molecule has 0 radical (unpaired) electrons. The number of esters is 1. The SMILES string of the molecule is CCOC(=O)/C=C/C(=O)N1CC(C(C)C)Oc2ccc(C)cc21. The van der Waals surface area contributed by atoms with Gasteiger partial charge in [-0.1, -0.05) is 19.9 Å². The van der Waals surface area contributed by atoms with Gasteiger partial charge in [0.1, 0.15) is 11.9 Å². The van der Waals surface area contributed by atoms with Crippen LogP contribution in [0.5, 0.6) is 5.75 Å². The Bertz CT molecular complexity index is 621. The zero-order chi connectivity index (χ0) is 17.0. The Hall–Kier alpha value is -2.30. The zero-order valence-corrected chi connectivity index (χ0v) is 14.0. The van der Waals surface area contributed by atoms with Crippen molar-refractivity contribution < 1.29 is 19.1 Å². The van der Waals surface area contributed by atoms with Gasteiger partial charge in [0.25, 0.3) is 5.91 Å².